The van der Waals surface area contributed by atoms with Crippen molar-refractivity contribution in [2.45, 2.75) is 94.9 Å². The quantitative estimate of drug-likeness (QED) is 0.0989. The fourth-order valence-electron chi connectivity index (χ4n) is 9.31. The molecule has 0 amide bonds. The van der Waals surface area contributed by atoms with Gasteiger partial charge in [0.15, 0.2) is 5.78 Å². The van der Waals surface area contributed by atoms with Gasteiger partial charge in [-0.1, -0.05) is 158 Å². The molecule has 0 aliphatic heterocycles. The fourth-order valence-corrected chi connectivity index (χ4v) is 9.31. The summed E-state index contributed by atoms with van der Waals surface area (Å²) < 4.78 is 12.0. The second-order valence-electron chi connectivity index (χ2n) is 18.3. The van der Waals surface area contributed by atoms with Gasteiger partial charge >= 0.3 is 11.9 Å². The number of carbonyl (C=O) groups excluding carboxylic acids is 3. The van der Waals surface area contributed by atoms with Crippen LogP contribution in [0.5, 0.6) is 0 Å². The van der Waals surface area contributed by atoms with Gasteiger partial charge in [0.05, 0.1) is 11.1 Å². The van der Waals surface area contributed by atoms with Crippen LogP contribution in [0.2, 0.25) is 0 Å². The summed E-state index contributed by atoms with van der Waals surface area (Å²) >= 11 is 0. The van der Waals surface area contributed by atoms with Crippen LogP contribution in [-0.4, -0.2) is 52.2 Å². The molecule has 316 valence electrons. The molecule has 0 bridgehead atoms. The monoisotopic (exact) mass is 826 g/mol. The highest BCUT2D eigenvalue weighted by Crippen LogP contribution is 2.53. The van der Waals surface area contributed by atoms with E-state index < -0.39 is 64.6 Å². The Labute approximate surface area is 364 Å². The van der Waals surface area contributed by atoms with Crippen LogP contribution in [0, 0.1) is 0 Å². The molecule has 3 atom stereocenters. The molecule has 1 unspecified atom stereocenters. The van der Waals surface area contributed by atoms with Crippen molar-refractivity contribution in [1.82, 2.24) is 10.6 Å². The molecule has 2 aliphatic carbocycles. The highest BCUT2D eigenvalue weighted by molar-refractivity contribution is 5.91. The number of ether oxygens (including phenoxy) is 2. The maximum absolute atomic E-state index is 14.7. The molecule has 0 aromatic heterocycles. The van der Waals surface area contributed by atoms with Crippen molar-refractivity contribution < 1.29 is 29.0 Å². The van der Waals surface area contributed by atoms with E-state index in [1.54, 1.807) is 41.5 Å². The van der Waals surface area contributed by atoms with Crippen LogP contribution < -0.4 is 10.6 Å². The van der Waals surface area contributed by atoms with Gasteiger partial charge in [-0.2, -0.15) is 0 Å². The van der Waals surface area contributed by atoms with E-state index in [2.05, 4.69) is 34.9 Å². The van der Waals surface area contributed by atoms with Gasteiger partial charge in [0.25, 0.3) is 0 Å². The van der Waals surface area contributed by atoms with E-state index in [-0.39, 0.29) is 6.42 Å². The molecule has 0 saturated carbocycles. The van der Waals surface area contributed by atoms with Crippen LogP contribution in [0.4, 0.5) is 0 Å². The Kier molecular flexibility index (Phi) is 11.4. The van der Waals surface area contributed by atoms with Crippen molar-refractivity contribution in [2.75, 3.05) is 0 Å². The first-order chi connectivity index (χ1) is 29.6. The number of esters is 2. The summed E-state index contributed by atoms with van der Waals surface area (Å²) in [5.74, 6) is -1.89. The first-order valence-corrected chi connectivity index (χ1v) is 21.3. The van der Waals surface area contributed by atoms with Gasteiger partial charge in [0, 0.05) is 12.8 Å². The Morgan fingerprint density at radius 3 is 1.15 bits per heavy atom. The van der Waals surface area contributed by atoms with Crippen LogP contribution in [0.15, 0.2) is 158 Å². The topological polar surface area (TPSA) is 114 Å². The maximum Gasteiger partial charge on any atom is 0.324 e. The molecule has 2 aliphatic rings. The lowest BCUT2D eigenvalue weighted by atomic mass is 9.79. The number of aliphatic hydroxyl groups excluding tert-OH is 1. The molecule has 0 saturated heterocycles. The average Bonchev–Trinajstić information content (AvgIpc) is 3.70. The molecule has 62 heavy (non-hydrogen) atoms. The number of nitrogens with one attached hydrogen (secondary N) is 2. The zero-order chi connectivity index (χ0) is 43.9. The molecule has 6 aromatic carbocycles. The number of hydrogen-bond donors (Lipinski definition) is 3. The summed E-state index contributed by atoms with van der Waals surface area (Å²) in [5, 5.41) is 19.5. The molecule has 8 nitrogen and oxygen atoms in total. The van der Waals surface area contributed by atoms with Crippen molar-refractivity contribution in [1.29, 1.82) is 0 Å². The minimum absolute atomic E-state index is 0.330. The van der Waals surface area contributed by atoms with Gasteiger partial charge in [-0.3, -0.25) is 25.0 Å². The second-order valence-corrected chi connectivity index (χ2v) is 18.3. The number of fused-ring (bicyclic) bond motifs is 6. The third-order valence-corrected chi connectivity index (χ3v) is 11.7. The summed E-state index contributed by atoms with van der Waals surface area (Å²) in [4.78, 5) is 43.6. The summed E-state index contributed by atoms with van der Waals surface area (Å²) in [6, 6.07) is 49.6. The predicted molar refractivity (Wildman–Crippen MR) is 242 cm³/mol. The number of aliphatic hydroxyl groups is 1. The number of hydrogen-bond acceptors (Lipinski definition) is 8. The van der Waals surface area contributed by atoms with Crippen LogP contribution >= 0.6 is 0 Å². The van der Waals surface area contributed by atoms with Crippen LogP contribution in [0.1, 0.15) is 87.8 Å². The van der Waals surface area contributed by atoms with E-state index in [0.717, 1.165) is 55.6 Å². The molecule has 0 spiro atoms. The summed E-state index contributed by atoms with van der Waals surface area (Å²) in [5.41, 5.74) is 5.61. The first kappa shape index (κ1) is 42.5. The average molecular weight is 827 g/mol. The SMILES string of the molecule is CC(C)(C)OC(=O)[C@H](CC(=O)C(O)C[C@H](NC1(c2ccccc2)c2ccccc2-c2ccccc21)C(=O)OC(C)(C)C)NC1(c2ccccc2)c2ccccc2-c2ccccc21. The highest BCUT2D eigenvalue weighted by Gasteiger charge is 2.50. The van der Waals surface area contributed by atoms with Crippen molar-refractivity contribution in [3.63, 3.8) is 0 Å². The second kappa shape index (κ2) is 16.6. The Hall–Kier alpha value is -6.19. The molecule has 8 heteroatoms. The number of Topliss-reactive ketones (excluding diaryl/α,β-unsaturated/α-hetero) is 1. The van der Waals surface area contributed by atoms with Gasteiger partial charge in [-0.25, -0.2) is 0 Å². The molecular weight excluding hydrogens is 773 g/mol. The van der Waals surface area contributed by atoms with Crippen molar-refractivity contribution in [3.05, 3.63) is 191 Å². The molecular formula is C54H54N2O6. The largest absolute Gasteiger partial charge is 0.459 e. The third kappa shape index (κ3) is 7.90. The van der Waals surface area contributed by atoms with Gasteiger partial charge in [0.2, 0.25) is 0 Å². The lowest BCUT2D eigenvalue weighted by molar-refractivity contribution is -0.161. The van der Waals surface area contributed by atoms with Gasteiger partial charge in [0.1, 0.15) is 29.4 Å². The van der Waals surface area contributed by atoms with Gasteiger partial charge in [-0.05, 0) is 97.2 Å². The lowest BCUT2D eigenvalue weighted by Crippen LogP contribution is -2.55. The lowest BCUT2D eigenvalue weighted by Gasteiger charge is -2.39. The Morgan fingerprint density at radius 1 is 0.484 bits per heavy atom. The Balaban J connectivity index is 1.18. The van der Waals surface area contributed by atoms with Crippen LogP contribution in [0.25, 0.3) is 22.3 Å². The molecule has 6 aromatic rings. The minimum Gasteiger partial charge on any atom is -0.459 e. The number of carbonyl (C=O) groups is 3. The van der Waals surface area contributed by atoms with E-state index in [4.69, 9.17) is 9.47 Å². The van der Waals surface area contributed by atoms with Crippen molar-refractivity contribution in [3.8, 4) is 22.3 Å². The molecule has 3 N–H and O–H groups in total. The predicted octanol–water partition coefficient (Wildman–Crippen LogP) is 9.24. The molecule has 8 rings (SSSR count). The van der Waals surface area contributed by atoms with Crippen molar-refractivity contribution in [2.24, 2.45) is 0 Å². The van der Waals surface area contributed by atoms with E-state index in [0.29, 0.717) is 0 Å². The first-order valence-electron chi connectivity index (χ1n) is 21.3. The van der Waals surface area contributed by atoms with E-state index in [1.165, 1.54) is 0 Å². The Morgan fingerprint density at radius 2 is 0.790 bits per heavy atom. The summed E-state index contributed by atoms with van der Waals surface area (Å²) in [6.45, 7) is 10.7. The maximum atomic E-state index is 14.7. The smallest absolute Gasteiger partial charge is 0.324 e. The third-order valence-electron chi connectivity index (χ3n) is 11.7. The van der Waals surface area contributed by atoms with E-state index >= 15 is 0 Å². The van der Waals surface area contributed by atoms with E-state index in [9.17, 15) is 19.5 Å². The van der Waals surface area contributed by atoms with Crippen LogP contribution in [-0.2, 0) is 34.9 Å². The molecule has 0 radical (unpaired) electrons. The van der Waals surface area contributed by atoms with Gasteiger partial charge < -0.3 is 14.6 Å². The normalized spacial score (nSPS) is 15.9. The number of benzene rings is 6. The van der Waals surface area contributed by atoms with Crippen LogP contribution in [0.3, 0.4) is 0 Å². The van der Waals surface area contributed by atoms with Gasteiger partial charge in [-0.15, -0.1) is 0 Å². The van der Waals surface area contributed by atoms with E-state index in [1.807, 2.05) is 133 Å². The Bertz CT molecular complexity index is 2520. The molecule has 0 heterocycles. The zero-order valence-corrected chi connectivity index (χ0v) is 36.1. The number of rotatable bonds is 13. The summed E-state index contributed by atoms with van der Waals surface area (Å²) in [6.07, 6.45) is -2.43. The standard InChI is InChI=1S/C54H54N2O6/c1-51(2,3)61-49(59)45(55-53(35-21-9-7-10-22-35)41-29-17-13-25-37(41)38-26-14-18-30-42(38)53)33-47(57)48(58)34-46(50(60)62-52(4,5)6)56-54(36-23-11-8-12-24-36)43-31-19-15-27-39(43)40-28-16-20-32-44(40)54/h7-32,45-47,55-57H,33-34H2,1-6H3/t45-,46-,47?/m0/s1. The number of ketones is 1. The minimum atomic E-state index is -1.68. The zero-order valence-electron chi connectivity index (χ0n) is 36.1. The highest BCUT2D eigenvalue weighted by atomic mass is 16.6. The summed E-state index contributed by atoms with van der Waals surface area (Å²) in [7, 11) is 0. The molecule has 0 fully saturated rings. The fraction of sp³-hybridized carbons (Fsp3) is 0.278. The van der Waals surface area contributed by atoms with Crippen molar-refractivity contribution >= 4 is 17.7 Å².